The molecular formula is C11H12F2N4. The number of aromatic nitrogens is 3. The standard InChI is InChI=1S/C11H12F2N4/c1-17-10(4-5-14)15-11(16-17)8-6-7(12)2-3-9(8)13/h2-3,6H,4-5,14H2,1H3. The molecule has 0 saturated carbocycles. The first-order chi connectivity index (χ1) is 8.11. The maximum atomic E-state index is 13.5. The van der Waals surface area contributed by atoms with Gasteiger partial charge in [0, 0.05) is 13.5 Å². The SMILES string of the molecule is Cn1nc(-c2cc(F)ccc2F)nc1CCN. The fourth-order valence-corrected chi connectivity index (χ4v) is 1.55. The van der Waals surface area contributed by atoms with Gasteiger partial charge in [0.25, 0.3) is 0 Å². The van der Waals surface area contributed by atoms with E-state index in [0.29, 0.717) is 18.8 Å². The molecule has 1 aromatic heterocycles. The summed E-state index contributed by atoms with van der Waals surface area (Å²) in [4.78, 5) is 4.14. The van der Waals surface area contributed by atoms with Crippen molar-refractivity contribution < 1.29 is 8.78 Å². The van der Waals surface area contributed by atoms with Crippen molar-refractivity contribution in [3.8, 4) is 11.4 Å². The lowest BCUT2D eigenvalue weighted by molar-refractivity contribution is 0.601. The first-order valence-corrected chi connectivity index (χ1v) is 5.17. The van der Waals surface area contributed by atoms with E-state index in [9.17, 15) is 8.78 Å². The van der Waals surface area contributed by atoms with Crippen molar-refractivity contribution >= 4 is 0 Å². The van der Waals surface area contributed by atoms with E-state index in [2.05, 4.69) is 10.1 Å². The first-order valence-electron chi connectivity index (χ1n) is 5.17. The molecule has 2 rings (SSSR count). The molecule has 0 aliphatic rings. The van der Waals surface area contributed by atoms with Gasteiger partial charge in [-0.2, -0.15) is 5.10 Å². The quantitative estimate of drug-likeness (QED) is 0.875. The molecule has 0 saturated heterocycles. The van der Waals surface area contributed by atoms with Crippen LogP contribution in [0.2, 0.25) is 0 Å². The number of nitrogens with zero attached hydrogens (tertiary/aromatic N) is 3. The molecule has 17 heavy (non-hydrogen) atoms. The lowest BCUT2D eigenvalue weighted by atomic mass is 10.2. The second kappa shape index (κ2) is 4.58. The molecule has 0 aliphatic heterocycles. The highest BCUT2D eigenvalue weighted by molar-refractivity contribution is 5.55. The number of nitrogens with two attached hydrogens (primary N) is 1. The molecule has 0 amide bonds. The largest absolute Gasteiger partial charge is 0.330 e. The Kier molecular flexibility index (Phi) is 3.14. The summed E-state index contributed by atoms with van der Waals surface area (Å²) in [5.74, 6) is -0.246. The van der Waals surface area contributed by atoms with Gasteiger partial charge < -0.3 is 5.73 Å². The summed E-state index contributed by atoms with van der Waals surface area (Å²) in [5.41, 5.74) is 5.48. The van der Waals surface area contributed by atoms with Gasteiger partial charge in [0.1, 0.15) is 17.5 Å². The third kappa shape index (κ3) is 2.31. The van der Waals surface area contributed by atoms with Crippen LogP contribution < -0.4 is 5.73 Å². The number of benzene rings is 1. The predicted molar refractivity (Wildman–Crippen MR) is 59.1 cm³/mol. The average Bonchev–Trinajstić information content (AvgIpc) is 2.64. The molecule has 90 valence electrons. The molecule has 0 aliphatic carbocycles. The Hall–Kier alpha value is -1.82. The molecule has 0 radical (unpaired) electrons. The number of hydrogen-bond donors (Lipinski definition) is 1. The molecule has 0 unspecified atom stereocenters. The highest BCUT2D eigenvalue weighted by Crippen LogP contribution is 2.20. The molecule has 2 aromatic rings. The van der Waals surface area contributed by atoms with Gasteiger partial charge in [-0.1, -0.05) is 0 Å². The molecule has 2 N–H and O–H groups in total. The van der Waals surface area contributed by atoms with E-state index in [0.717, 1.165) is 18.2 Å². The van der Waals surface area contributed by atoms with E-state index in [1.54, 1.807) is 7.05 Å². The number of halogens is 2. The molecule has 0 bridgehead atoms. The normalized spacial score (nSPS) is 10.8. The molecule has 0 fully saturated rings. The maximum Gasteiger partial charge on any atom is 0.184 e. The Morgan fingerprint density at radius 1 is 1.35 bits per heavy atom. The lowest BCUT2D eigenvalue weighted by Crippen LogP contribution is -2.08. The zero-order valence-electron chi connectivity index (χ0n) is 9.32. The zero-order valence-corrected chi connectivity index (χ0v) is 9.32. The van der Waals surface area contributed by atoms with Crippen LogP contribution in [-0.2, 0) is 13.5 Å². The van der Waals surface area contributed by atoms with Gasteiger partial charge in [0.2, 0.25) is 0 Å². The Morgan fingerprint density at radius 2 is 2.12 bits per heavy atom. The molecule has 1 aromatic carbocycles. The summed E-state index contributed by atoms with van der Waals surface area (Å²) in [6.07, 6.45) is 0.542. The molecule has 6 heteroatoms. The highest BCUT2D eigenvalue weighted by Gasteiger charge is 2.13. The summed E-state index contributed by atoms with van der Waals surface area (Å²) in [6.45, 7) is 0.428. The fraction of sp³-hybridized carbons (Fsp3) is 0.273. The van der Waals surface area contributed by atoms with Crippen molar-refractivity contribution in [3.63, 3.8) is 0 Å². The van der Waals surface area contributed by atoms with Crippen LogP contribution in [0, 0.1) is 11.6 Å². The van der Waals surface area contributed by atoms with Crippen molar-refractivity contribution in [2.24, 2.45) is 12.8 Å². The monoisotopic (exact) mass is 238 g/mol. The highest BCUT2D eigenvalue weighted by atomic mass is 19.1. The minimum absolute atomic E-state index is 0.0591. The Bertz CT molecular complexity index is 536. The molecular weight excluding hydrogens is 226 g/mol. The van der Waals surface area contributed by atoms with Crippen molar-refractivity contribution in [2.45, 2.75) is 6.42 Å². The number of aryl methyl sites for hydroxylation is 1. The van der Waals surface area contributed by atoms with E-state index in [-0.39, 0.29) is 11.4 Å². The first kappa shape index (κ1) is 11.7. The second-order valence-electron chi connectivity index (χ2n) is 3.64. The average molecular weight is 238 g/mol. The zero-order chi connectivity index (χ0) is 12.4. The number of hydrogen-bond acceptors (Lipinski definition) is 3. The summed E-state index contributed by atoms with van der Waals surface area (Å²) in [6, 6.07) is 3.20. The van der Waals surface area contributed by atoms with Crippen molar-refractivity contribution in [3.05, 3.63) is 35.7 Å². The van der Waals surface area contributed by atoms with Gasteiger partial charge in [-0.05, 0) is 24.7 Å². The minimum atomic E-state index is -0.545. The smallest absolute Gasteiger partial charge is 0.184 e. The van der Waals surface area contributed by atoms with Gasteiger partial charge in [0.15, 0.2) is 5.82 Å². The molecule has 4 nitrogen and oxygen atoms in total. The van der Waals surface area contributed by atoms with Crippen LogP contribution in [0.5, 0.6) is 0 Å². The molecule has 0 spiro atoms. The van der Waals surface area contributed by atoms with Crippen LogP contribution in [0.15, 0.2) is 18.2 Å². The third-order valence-corrected chi connectivity index (χ3v) is 2.39. The lowest BCUT2D eigenvalue weighted by Gasteiger charge is -1.97. The maximum absolute atomic E-state index is 13.5. The van der Waals surface area contributed by atoms with Crippen LogP contribution in [0.1, 0.15) is 5.82 Å². The van der Waals surface area contributed by atoms with E-state index < -0.39 is 11.6 Å². The summed E-state index contributed by atoms with van der Waals surface area (Å²) < 4.78 is 28.1. The third-order valence-electron chi connectivity index (χ3n) is 2.39. The molecule has 1 heterocycles. The van der Waals surface area contributed by atoms with Gasteiger partial charge >= 0.3 is 0 Å². The van der Waals surface area contributed by atoms with E-state index in [1.165, 1.54) is 4.68 Å². The second-order valence-corrected chi connectivity index (χ2v) is 3.64. The minimum Gasteiger partial charge on any atom is -0.330 e. The van der Waals surface area contributed by atoms with Gasteiger partial charge in [-0.15, -0.1) is 0 Å². The van der Waals surface area contributed by atoms with Crippen LogP contribution in [0.3, 0.4) is 0 Å². The topological polar surface area (TPSA) is 56.7 Å². The van der Waals surface area contributed by atoms with Crippen LogP contribution >= 0.6 is 0 Å². The van der Waals surface area contributed by atoms with Gasteiger partial charge in [-0.25, -0.2) is 13.8 Å². The fourth-order valence-electron chi connectivity index (χ4n) is 1.55. The van der Waals surface area contributed by atoms with E-state index >= 15 is 0 Å². The van der Waals surface area contributed by atoms with Crippen LogP contribution in [0.25, 0.3) is 11.4 Å². The van der Waals surface area contributed by atoms with Crippen molar-refractivity contribution in [1.29, 1.82) is 0 Å². The summed E-state index contributed by atoms with van der Waals surface area (Å²) >= 11 is 0. The van der Waals surface area contributed by atoms with Crippen LogP contribution in [0.4, 0.5) is 8.78 Å². The Labute approximate surface area is 97.1 Å². The van der Waals surface area contributed by atoms with E-state index in [1.807, 2.05) is 0 Å². The predicted octanol–water partition coefficient (Wildman–Crippen LogP) is 1.26. The van der Waals surface area contributed by atoms with Gasteiger partial charge in [0.05, 0.1) is 5.56 Å². The number of rotatable bonds is 3. The summed E-state index contributed by atoms with van der Waals surface area (Å²) in [5, 5.41) is 4.04. The van der Waals surface area contributed by atoms with Gasteiger partial charge in [-0.3, -0.25) is 4.68 Å². The summed E-state index contributed by atoms with van der Waals surface area (Å²) in [7, 11) is 1.69. The Morgan fingerprint density at radius 3 is 2.82 bits per heavy atom. The molecule has 0 atom stereocenters. The van der Waals surface area contributed by atoms with Crippen molar-refractivity contribution in [2.75, 3.05) is 6.54 Å². The van der Waals surface area contributed by atoms with E-state index in [4.69, 9.17) is 5.73 Å². The van der Waals surface area contributed by atoms with Crippen LogP contribution in [-0.4, -0.2) is 21.3 Å². The van der Waals surface area contributed by atoms with Crippen molar-refractivity contribution in [1.82, 2.24) is 14.8 Å². The Balaban J connectivity index is 2.45.